The molecule has 3 nitrogen and oxygen atoms in total. The van der Waals surface area contributed by atoms with Crippen molar-refractivity contribution in [1.82, 2.24) is 4.98 Å². The van der Waals surface area contributed by atoms with Gasteiger partial charge in [0.1, 0.15) is 5.82 Å². The third kappa shape index (κ3) is 3.33. The zero-order valence-corrected chi connectivity index (χ0v) is 12.5. The lowest BCUT2D eigenvalue weighted by Crippen LogP contribution is -2.32. The van der Waals surface area contributed by atoms with Crippen LogP contribution in [0.4, 0.5) is 5.82 Å². The van der Waals surface area contributed by atoms with Gasteiger partial charge in [-0.3, -0.25) is 0 Å². The third-order valence-electron chi connectivity index (χ3n) is 3.38. The van der Waals surface area contributed by atoms with Crippen molar-refractivity contribution in [2.45, 2.75) is 32.4 Å². The van der Waals surface area contributed by atoms with Crippen LogP contribution in [0.2, 0.25) is 0 Å². The Morgan fingerprint density at radius 1 is 1.32 bits per heavy atom. The molecule has 2 aromatic rings. The summed E-state index contributed by atoms with van der Waals surface area (Å²) in [5.74, 6) is 0.988. The Bertz CT molecular complexity index is 508. The van der Waals surface area contributed by atoms with Crippen LogP contribution in [0.3, 0.4) is 0 Å². The summed E-state index contributed by atoms with van der Waals surface area (Å²) >= 11 is 1.80. The largest absolute Gasteiger partial charge is 0.356 e. The lowest BCUT2D eigenvalue weighted by Gasteiger charge is -2.28. The molecule has 0 spiro atoms. The molecule has 2 atom stereocenters. The zero-order chi connectivity index (χ0) is 13.8. The summed E-state index contributed by atoms with van der Waals surface area (Å²) in [6, 6.07) is 8.67. The van der Waals surface area contributed by atoms with Gasteiger partial charge >= 0.3 is 0 Å². The van der Waals surface area contributed by atoms with E-state index in [0.29, 0.717) is 6.04 Å². The van der Waals surface area contributed by atoms with Crippen LogP contribution in [-0.4, -0.2) is 18.1 Å². The van der Waals surface area contributed by atoms with Crippen LogP contribution in [0.25, 0.3) is 0 Å². The quantitative estimate of drug-likeness (QED) is 0.911. The fourth-order valence-electron chi connectivity index (χ4n) is 2.13. The van der Waals surface area contributed by atoms with E-state index in [-0.39, 0.29) is 6.04 Å². The number of hydrogen-bond acceptors (Lipinski definition) is 4. The first kappa shape index (κ1) is 14.0. The number of anilines is 1. The highest BCUT2D eigenvalue weighted by atomic mass is 32.1. The molecule has 2 aromatic heterocycles. The molecule has 0 bridgehead atoms. The van der Waals surface area contributed by atoms with Gasteiger partial charge in [0, 0.05) is 42.2 Å². The molecular formula is C15H21N3S. The molecule has 0 aromatic carbocycles. The Hall–Kier alpha value is -1.39. The van der Waals surface area contributed by atoms with E-state index in [1.54, 1.807) is 11.3 Å². The van der Waals surface area contributed by atoms with E-state index >= 15 is 0 Å². The first-order valence-corrected chi connectivity index (χ1v) is 7.43. The highest BCUT2D eigenvalue weighted by Crippen LogP contribution is 2.24. The SMILES string of the molecule is CC(Cc1cccs1)N(C)c1ncccc1[C@H](C)N. The predicted octanol–water partition coefficient (Wildman–Crippen LogP) is 3.23. The van der Waals surface area contributed by atoms with Gasteiger partial charge in [-0.05, 0) is 31.4 Å². The Balaban J connectivity index is 2.16. The van der Waals surface area contributed by atoms with Gasteiger partial charge in [-0.15, -0.1) is 11.3 Å². The molecule has 0 fully saturated rings. The van der Waals surface area contributed by atoms with Crippen molar-refractivity contribution < 1.29 is 0 Å². The van der Waals surface area contributed by atoms with Crippen LogP contribution in [0.5, 0.6) is 0 Å². The van der Waals surface area contributed by atoms with Gasteiger partial charge in [-0.1, -0.05) is 12.1 Å². The van der Waals surface area contributed by atoms with Crippen molar-refractivity contribution in [2.75, 3.05) is 11.9 Å². The number of likely N-dealkylation sites (N-methyl/N-ethyl adjacent to an activating group) is 1. The summed E-state index contributed by atoms with van der Waals surface area (Å²) in [5, 5.41) is 2.12. The monoisotopic (exact) mass is 275 g/mol. The Morgan fingerprint density at radius 3 is 2.74 bits per heavy atom. The number of aromatic nitrogens is 1. The van der Waals surface area contributed by atoms with Crippen molar-refractivity contribution in [2.24, 2.45) is 5.73 Å². The van der Waals surface area contributed by atoms with Crippen molar-refractivity contribution in [3.8, 4) is 0 Å². The van der Waals surface area contributed by atoms with Gasteiger partial charge in [0.2, 0.25) is 0 Å². The molecule has 4 heteroatoms. The normalized spacial score (nSPS) is 14.1. The average molecular weight is 275 g/mol. The van der Waals surface area contributed by atoms with Gasteiger partial charge in [-0.25, -0.2) is 4.98 Å². The molecule has 0 aliphatic carbocycles. The maximum Gasteiger partial charge on any atom is 0.133 e. The lowest BCUT2D eigenvalue weighted by molar-refractivity contribution is 0.670. The second-order valence-electron chi connectivity index (χ2n) is 4.95. The second-order valence-corrected chi connectivity index (χ2v) is 5.98. The summed E-state index contributed by atoms with van der Waals surface area (Å²) < 4.78 is 0. The topological polar surface area (TPSA) is 42.2 Å². The highest BCUT2D eigenvalue weighted by Gasteiger charge is 2.17. The van der Waals surface area contributed by atoms with Gasteiger partial charge < -0.3 is 10.6 Å². The van der Waals surface area contributed by atoms with Crippen molar-refractivity contribution in [1.29, 1.82) is 0 Å². The first-order valence-electron chi connectivity index (χ1n) is 6.55. The van der Waals surface area contributed by atoms with Crippen molar-refractivity contribution in [3.05, 3.63) is 46.3 Å². The van der Waals surface area contributed by atoms with Crippen molar-refractivity contribution >= 4 is 17.2 Å². The average Bonchev–Trinajstić information content (AvgIpc) is 2.90. The fraction of sp³-hybridized carbons (Fsp3) is 0.400. The minimum absolute atomic E-state index is 0.0000813. The van der Waals surface area contributed by atoms with Crippen LogP contribution in [0.1, 0.15) is 30.3 Å². The van der Waals surface area contributed by atoms with Crippen LogP contribution in [0.15, 0.2) is 35.8 Å². The molecule has 102 valence electrons. The Morgan fingerprint density at radius 2 is 2.11 bits per heavy atom. The second kappa shape index (κ2) is 6.17. The molecule has 0 saturated heterocycles. The lowest BCUT2D eigenvalue weighted by atomic mass is 10.1. The fourth-order valence-corrected chi connectivity index (χ4v) is 2.95. The standard InChI is InChI=1S/C15H21N3S/c1-11(10-13-6-5-9-19-13)18(3)15-14(12(2)16)7-4-8-17-15/h4-9,11-12H,10,16H2,1-3H3/t11?,12-/m0/s1. The number of pyridine rings is 1. The van der Waals surface area contributed by atoms with E-state index in [0.717, 1.165) is 17.8 Å². The molecular weight excluding hydrogens is 254 g/mol. The van der Waals surface area contributed by atoms with Crippen molar-refractivity contribution in [3.63, 3.8) is 0 Å². The molecule has 0 amide bonds. The van der Waals surface area contributed by atoms with Gasteiger partial charge in [0.25, 0.3) is 0 Å². The smallest absolute Gasteiger partial charge is 0.133 e. The summed E-state index contributed by atoms with van der Waals surface area (Å²) in [5.41, 5.74) is 7.12. The maximum absolute atomic E-state index is 6.02. The summed E-state index contributed by atoms with van der Waals surface area (Å²) in [6.07, 6.45) is 2.86. The molecule has 1 unspecified atom stereocenters. The molecule has 0 radical (unpaired) electrons. The highest BCUT2D eigenvalue weighted by molar-refractivity contribution is 7.09. The number of rotatable bonds is 5. The summed E-state index contributed by atoms with van der Waals surface area (Å²) in [6.45, 7) is 4.22. The Labute approximate surface area is 119 Å². The maximum atomic E-state index is 6.02. The first-order chi connectivity index (χ1) is 9.09. The van der Waals surface area contributed by atoms with Crippen LogP contribution >= 0.6 is 11.3 Å². The molecule has 0 aliphatic rings. The molecule has 2 rings (SSSR count). The van der Waals surface area contributed by atoms with Gasteiger partial charge in [-0.2, -0.15) is 0 Å². The van der Waals surface area contributed by atoms with Crippen LogP contribution < -0.4 is 10.6 Å². The number of hydrogen-bond donors (Lipinski definition) is 1. The summed E-state index contributed by atoms with van der Waals surface area (Å²) in [7, 11) is 2.09. The molecule has 0 aliphatic heterocycles. The van der Waals surface area contributed by atoms with Crippen LogP contribution in [-0.2, 0) is 6.42 Å². The molecule has 0 saturated carbocycles. The number of nitrogens with zero attached hydrogens (tertiary/aromatic N) is 2. The minimum atomic E-state index is 0.0000813. The van der Waals surface area contributed by atoms with E-state index in [1.807, 2.05) is 19.2 Å². The van der Waals surface area contributed by atoms with E-state index in [9.17, 15) is 0 Å². The minimum Gasteiger partial charge on any atom is -0.356 e. The van der Waals surface area contributed by atoms with Gasteiger partial charge in [0.05, 0.1) is 0 Å². The van der Waals surface area contributed by atoms with Gasteiger partial charge in [0.15, 0.2) is 0 Å². The number of thiophene rings is 1. The van der Waals surface area contributed by atoms with E-state index in [2.05, 4.69) is 47.4 Å². The zero-order valence-electron chi connectivity index (χ0n) is 11.7. The van der Waals surface area contributed by atoms with E-state index in [1.165, 1.54) is 4.88 Å². The third-order valence-corrected chi connectivity index (χ3v) is 4.28. The Kier molecular flexibility index (Phi) is 4.56. The van der Waals surface area contributed by atoms with Crippen LogP contribution in [0, 0.1) is 0 Å². The predicted molar refractivity (Wildman–Crippen MR) is 82.7 cm³/mol. The molecule has 19 heavy (non-hydrogen) atoms. The molecule has 2 heterocycles. The van der Waals surface area contributed by atoms with E-state index < -0.39 is 0 Å². The molecule has 2 N–H and O–H groups in total. The number of nitrogens with two attached hydrogens (primary N) is 1. The van der Waals surface area contributed by atoms with E-state index in [4.69, 9.17) is 5.73 Å². The summed E-state index contributed by atoms with van der Waals surface area (Å²) in [4.78, 5) is 8.12.